The highest BCUT2D eigenvalue weighted by Gasteiger charge is 2.36. The van der Waals surface area contributed by atoms with Gasteiger partial charge in [0.2, 0.25) is 0 Å². The number of thiophene rings is 1. The summed E-state index contributed by atoms with van der Waals surface area (Å²) >= 11 is 1.28. The van der Waals surface area contributed by atoms with Crippen molar-refractivity contribution in [3.05, 3.63) is 17.0 Å². The predicted molar refractivity (Wildman–Crippen MR) is 106 cm³/mol. The molecule has 9 heteroatoms. The molecule has 7 nitrogen and oxygen atoms in total. The van der Waals surface area contributed by atoms with Gasteiger partial charge in [0, 0.05) is 46.3 Å². The number of nitrogens with zero attached hydrogens (tertiary/aromatic N) is 2. The molecular weight excluding hydrogens is 372 g/mol. The third-order valence-electron chi connectivity index (χ3n) is 4.91. The van der Waals surface area contributed by atoms with E-state index in [4.69, 9.17) is 4.74 Å². The summed E-state index contributed by atoms with van der Waals surface area (Å²) in [5.41, 5.74) is 0.309. The lowest BCUT2D eigenvalue weighted by Crippen LogP contribution is -2.46. The van der Waals surface area contributed by atoms with Crippen LogP contribution >= 0.6 is 11.3 Å². The topological polar surface area (TPSA) is 83.0 Å². The highest BCUT2D eigenvalue weighted by atomic mass is 32.2. The Morgan fingerprint density at radius 2 is 2.08 bits per heavy atom. The van der Waals surface area contributed by atoms with Crippen molar-refractivity contribution in [3.8, 4) is 0 Å². The average molecular weight is 403 g/mol. The number of hydrogen-bond acceptors (Lipinski definition) is 5. The summed E-state index contributed by atoms with van der Waals surface area (Å²) in [5, 5.41) is 6.67. The third kappa shape index (κ3) is 5.18. The van der Waals surface area contributed by atoms with Crippen LogP contribution < -0.4 is 10.6 Å². The molecule has 1 aromatic heterocycles. The number of aliphatic imine (C=N–C) groups is 1. The Bertz CT molecular complexity index is 709. The van der Waals surface area contributed by atoms with Gasteiger partial charge in [-0.05, 0) is 36.8 Å². The number of nitrogens with one attached hydrogen (secondary N) is 2. The van der Waals surface area contributed by atoms with Gasteiger partial charge in [-0.1, -0.05) is 6.42 Å². The van der Waals surface area contributed by atoms with E-state index in [9.17, 15) is 8.42 Å². The maximum Gasteiger partial charge on any atom is 0.252 e. The van der Waals surface area contributed by atoms with Crippen molar-refractivity contribution >= 4 is 27.3 Å². The molecule has 0 aliphatic heterocycles. The maximum atomic E-state index is 12.1. The van der Waals surface area contributed by atoms with Crippen molar-refractivity contribution in [1.29, 1.82) is 0 Å². The van der Waals surface area contributed by atoms with Gasteiger partial charge in [0.05, 0.1) is 6.54 Å². The van der Waals surface area contributed by atoms with E-state index in [-0.39, 0.29) is 0 Å². The molecule has 2 rings (SSSR count). The highest BCUT2D eigenvalue weighted by Crippen LogP contribution is 2.43. The summed E-state index contributed by atoms with van der Waals surface area (Å²) in [6.45, 7) is 2.20. The zero-order valence-corrected chi connectivity index (χ0v) is 17.7. The largest absolute Gasteiger partial charge is 0.385 e. The molecule has 0 aromatic carbocycles. The molecular formula is C17H30N4O3S2. The molecule has 1 heterocycles. The van der Waals surface area contributed by atoms with Crippen LogP contribution in [0, 0.1) is 5.41 Å². The van der Waals surface area contributed by atoms with Crippen LogP contribution in [0.25, 0.3) is 0 Å². The Balaban J connectivity index is 1.87. The first-order valence-corrected chi connectivity index (χ1v) is 11.0. The summed E-state index contributed by atoms with van der Waals surface area (Å²) in [7, 11) is 3.20. The SMILES string of the molecule is CN=C(NCc1ccc(S(=O)(=O)N(C)C)s1)NCC1(CCOC)CCC1. The van der Waals surface area contributed by atoms with Crippen LogP contribution in [0.15, 0.2) is 21.3 Å². The minimum absolute atomic E-state index is 0.309. The lowest BCUT2D eigenvalue weighted by atomic mass is 9.67. The molecule has 0 radical (unpaired) electrons. The second-order valence-electron chi connectivity index (χ2n) is 6.88. The molecule has 0 saturated heterocycles. The molecule has 0 amide bonds. The Morgan fingerprint density at radius 1 is 1.35 bits per heavy atom. The molecule has 1 aliphatic rings. The van der Waals surface area contributed by atoms with Crippen LogP contribution in [0.4, 0.5) is 0 Å². The van der Waals surface area contributed by atoms with Gasteiger partial charge in [0.15, 0.2) is 5.96 Å². The maximum absolute atomic E-state index is 12.1. The Labute approximate surface area is 160 Å². The van der Waals surface area contributed by atoms with E-state index in [0.29, 0.717) is 16.2 Å². The number of ether oxygens (including phenoxy) is 1. The fourth-order valence-electron chi connectivity index (χ4n) is 2.95. The van der Waals surface area contributed by atoms with E-state index in [1.807, 2.05) is 6.07 Å². The van der Waals surface area contributed by atoms with Gasteiger partial charge in [0.1, 0.15) is 4.21 Å². The zero-order chi connectivity index (χ0) is 19.2. The summed E-state index contributed by atoms with van der Waals surface area (Å²) in [6, 6.07) is 3.49. The Morgan fingerprint density at radius 3 is 2.62 bits per heavy atom. The van der Waals surface area contributed by atoms with Crippen molar-refractivity contribution in [2.24, 2.45) is 10.4 Å². The molecule has 1 aliphatic carbocycles. The average Bonchev–Trinajstić information content (AvgIpc) is 3.05. The summed E-state index contributed by atoms with van der Waals surface area (Å²) in [5.74, 6) is 0.735. The number of guanidine groups is 1. The van der Waals surface area contributed by atoms with Gasteiger partial charge in [-0.25, -0.2) is 12.7 Å². The summed E-state index contributed by atoms with van der Waals surface area (Å²) in [6.07, 6.45) is 4.77. The summed E-state index contributed by atoms with van der Waals surface area (Å²) in [4.78, 5) is 5.22. The minimum atomic E-state index is -3.37. The molecule has 148 valence electrons. The predicted octanol–water partition coefficient (Wildman–Crippen LogP) is 1.87. The molecule has 26 heavy (non-hydrogen) atoms. The lowest BCUT2D eigenvalue weighted by Gasteiger charge is -2.42. The van der Waals surface area contributed by atoms with Crippen LogP contribution in [-0.4, -0.2) is 60.1 Å². The normalized spacial score (nSPS) is 17.2. The molecule has 1 saturated carbocycles. The van der Waals surface area contributed by atoms with E-state index in [1.165, 1.54) is 34.9 Å². The van der Waals surface area contributed by atoms with E-state index < -0.39 is 10.0 Å². The van der Waals surface area contributed by atoms with Crippen molar-refractivity contribution in [2.75, 3.05) is 41.4 Å². The smallest absolute Gasteiger partial charge is 0.252 e. The van der Waals surface area contributed by atoms with Crippen molar-refractivity contribution in [3.63, 3.8) is 0 Å². The van der Waals surface area contributed by atoms with E-state index in [2.05, 4.69) is 15.6 Å². The second kappa shape index (κ2) is 9.16. The molecule has 2 N–H and O–H groups in total. The number of sulfonamides is 1. The quantitative estimate of drug-likeness (QED) is 0.487. The first kappa shape index (κ1) is 21.1. The second-order valence-corrected chi connectivity index (χ2v) is 10.4. The van der Waals surface area contributed by atoms with Crippen LogP contribution in [0.3, 0.4) is 0 Å². The van der Waals surface area contributed by atoms with Crippen molar-refractivity contribution < 1.29 is 13.2 Å². The van der Waals surface area contributed by atoms with Crippen molar-refractivity contribution in [2.45, 2.75) is 36.4 Å². The van der Waals surface area contributed by atoms with E-state index in [1.54, 1.807) is 34.3 Å². The van der Waals surface area contributed by atoms with E-state index >= 15 is 0 Å². The standard InChI is InChI=1S/C17H30N4O3S2/c1-18-16(20-13-17(8-5-9-17)10-11-24-4)19-12-14-6-7-15(25-14)26(22,23)21(2)3/h6-7H,5,8-13H2,1-4H3,(H2,18,19,20). The first-order valence-electron chi connectivity index (χ1n) is 8.78. The van der Waals surface area contributed by atoms with Gasteiger partial charge in [-0.3, -0.25) is 4.99 Å². The molecule has 1 aromatic rings. The Hall–Kier alpha value is -1.16. The van der Waals surface area contributed by atoms with Crippen LogP contribution in [-0.2, 0) is 21.3 Å². The zero-order valence-electron chi connectivity index (χ0n) is 16.0. The molecule has 0 unspecified atom stereocenters. The molecule has 0 atom stereocenters. The Kier molecular flexibility index (Phi) is 7.45. The third-order valence-corrected chi connectivity index (χ3v) is 8.27. The van der Waals surface area contributed by atoms with Gasteiger partial charge in [-0.2, -0.15) is 0 Å². The summed E-state index contributed by atoms with van der Waals surface area (Å²) < 4.78 is 31.1. The van der Waals surface area contributed by atoms with Crippen LogP contribution in [0.5, 0.6) is 0 Å². The fourth-order valence-corrected chi connectivity index (χ4v) is 5.41. The number of hydrogen-bond donors (Lipinski definition) is 2. The molecule has 0 spiro atoms. The van der Waals surface area contributed by atoms with Crippen molar-refractivity contribution in [1.82, 2.24) is 14.9 Å². The number of methoxy groups -OCH3 is 1. The van der Waals surface area contributed by atoms with Gasteiger partial charge in [0.25, 0.3) is 10.0 Å². The lowest BCUT2D eigenvalue weighted by molar-refractivity contribution is 0.0732. The van der Waals surface area contributed by atoms with Gasteiger partial charge < -0.3 is 15.4 Å². The fraction of sp³-hybridized carbons (Fsp3) is 0.706. The van der Waals surface area contributed by atoms with E-state index in [0.717, 1.165) is 30.4 Å². The molecule has 0 bridgehead atoms. The molecule has 1 fully saturated rings. The van der Waals surface area contributed by atoms with Crippen LogP contribution in [0.2, 0.25) is 0 Å². The monoisotopic (exact) mass is 402 g/mol. The number of rotatable bonds is 9. The van der Waals surface area contributed by atoms with Crippen LogP contribution in [0.1, 0.15) is 30.6 Å². The highest BCUT2D eigenvalue weighted by molar-refractivity contribution is 7.91. The van der Waals surface area contributed by atoms with Gasteiger partial charge >= 0.3 is 0 Å². The minimum Gasteiger partial charge on any atom is -0.385 e. The first-order chi connectivity index (χ1) is 12.3. The van der Waals surface area contributed by atoms with Gasteiger partial charge in [-0.15, -0.1) is 11.3 Å².